The van der Waals surface area contributed by atoms with Gasteiger partial charge < -0.3 is 10.5 Å². The van der Waals surface area contributed by atoms with E-state index in [4.69, 9.17) is 10.5 Å². The van der Waals surface area contributed by atoms with Crippen molar-refractivity contribution in [3.05, 3.63) is 29.8 Å². The second-order valence-corrected chi connectivity index (χ2v) is 2.95. The van der Waals surface area contributed by atoms with E-state index in [1.165, 1.54) is 0 Å². The number of benzene rings is 1. The molecule has 0 spiro atoms. The SMILES string of the molecule is COc1cccc(/C=N\NC(N)=S)c1. The number of methoxy groups -OCH3 is 1. The van der Waals surface area contributed by atoms with Crippen molar-refractivity contribution in [3.8, 4) is 5.75 Å². The molecule has 0 bridgehead atoms. The first-order valence-corrected chi connectivity index (χ1v) is 4.36. The molecule has 0 saturated carbocycles. The molecule has 4 nitrogen and oxygen atoms in total. The van der Waals surface area contributed by atoms with E-state index in [0.717, 1.165) is 11.3 Å². The van der Waals surface area contributed by atoms with E-state index < -0.39 is 0 Å². The van der Waals surface area contributed by atoms with E-state index in [1.807, 2.05) is 24.3 Å². The summed E-state index contributed by atoms with van der Waals surface area (Å²) in [7, 11) is 1.61. The highest BCUT2D eigenvalue weighted by atomic mass is 32.1. The molecule has 5 heteroatoms. The van der Waals surface area contributed by atoms with E-state index in [9.17, 15) is 0 Å². The standard InChI is InChI=1S/C9H11N3OS/c1-13-8-4-2-3-7(5-8)6-11-12-9(10)14/h2-6H,1H3,(H3,10,12,14)/b11-6-. The molecule has 3 N–H and O–H groups in total. The molecule has 0 unspecified atom stereocenters. The Morgan fingerprint density at radius 3 is 3.07 bits per heavy atom. The van der Waals surface area contributed by atoms with E-state index in [2.05, 4.69) is 22.7 Å². The largest absolute Gasteiger partial charge is 0.497 e. The third-order valence-corrected chi connectivity index (χ3v) is 1.57. The van der Waals surface area contributed by atoms with Crippen molar-refractivity contribution in [2.75, 3.05) is 7.11 Å². The minimum absolute atomic E-state index is 0.143. The molecule has 0 aliphatic rings. The number of nitrogens with two attached hydrogens (primary N) is 1. The van der Waals surface area contributed by atoms with Crippen molar-refractivity contribution < 1.29 is 4.74 Å². The Kier molecular flexibility index (Phi) is 3.87. The molecule has 0 heterocycles. The predicted molar refractivity (Wildman–Crippen MR) is 60.5 cm³/mol. The molecule has 0 aliphatic heterocycles. The van der Waals surface area contributed by atoms with Crippen LogP contribution in [0.3, 0.4) is 0 Å². The summed E-state index contributed by atoms with van der Waals surface area (Å²) in [6.07, 6.45) is 1.61. The van der Waals surface area contributed by atoms with Crippen molar-refractivity contribution in [3.63, 3.8) is 0 Å². The number of rotatable bonds is 3. The monoisotopic (exact) mass is 209 g/mol. The van der Waals surface area contributed by atoms with Crippen molar-refractivity contribution in [1.29, 1.82) is 0 Å². The zero-order valence-electron chi connectivity index (χ0n) is 7.73. The summed E-state index contributed by atoms with van der Waals surface area (Å²) >= 11 is 4.59. The number of nitrogens with zero attached hydrogens (tertiary/aromatic N) is 1. The van der Waals surface area contributed by atoms with Gasteiger partial charge in [-0.25, -0.2) is 0 Å². The van der Waals surface area contributed by atoms with Crippen LogP contribution in [0.15, 0.2) is 29.4 Å². The third-order valence-electron chi connectivity index (χ3n) is 1.48. The van der Waals surface area contributed by atoms with Gasteiger partial charge in [0, 0.05) is 0 Å². The molecule has 0 atom stereocenters. The molecular weight excluding hydrogens is 198 g/mol. The molecule has 0 aromatic heterocycles. The highest BCUT2D eigenvalue weighted by Gasteiger charge is 1.91. The fourth-order valence-electron chi connectivity index (χ4n) is 0.892. The van der Waals surface area contributed by atoms with Crippen LogP contribution >= 0.6 is 12.2 Å². The van der Waals surface area contributed by atoms with Crippen LogP contribution in [0.1, 0.15) is 5.56 Å². The number of ether oxygens (including phenoxy) is 1. The predicted octanol–water partition coefficient (Wildman–Crippen LogP) is 0.862. The second kappa shape index (κ2) is 5.18. The molecule has 0 amide bonds. The van der Waals surface area contributed by atoms with Crippen molar-refractivity contribution in [2.45, 2.75) is 0 Å². The molecule has 14 heavy (non-hydrogen) atoms. The number of nitrogens with one attached hydrogen (secondary N) is 1. The minimum Gasteiger partial charge on any atom is -0.497 e. The zero-order chi connectivity index (χ0) is 10.4. The second-order valence-electron chi connectivity index (χ2n) is 2.51. The van der Waals surface area contributed by atoms with E-state index >= 15 is 0 Å². The van der Waals surface area contributed by atoms with Gasteiger partial charge in [-0.2, -0.15) is 5.10 Å². The fourth-order valence-corrected chi connectivity index (χ4v) is 0.945. The molecule has 1 aromatic carbocycles. The summed E-state index contributed by atoms with van der Waals surface area (Å²) < 4.78 is 5.05. The summed E-state index contributed by atoms with van der Waals surface area (Å²) in [6.45, 7) is 0. The van der Waals surface area contributed by atoms with Crippen LogP contribution in [0.5, 0.6) is 5.75 Å². The van der Waals surface area contributed by atoms with Gasteiger partial charge in [0.15, 0.2) is 5.11 Å². The summed E-state index contributed by atoms with van der Waals surface area (Å²) in [5, 5.41) is 3.96. The van der Waals surface area contributed by atoms with Crippen LogP contribution in [0.4, 0.5) is 0 Å². The average Bonchev–Trinajstić information content (AvgIpc) is 2.18. The number of hydrogen-bond acceptors (Lipinski definition) is 3. The van der Waals surface area contributed by atoms with Gasteiger partial charge in [0.25, 0.3) is 0 Å². The molecule has 1 aromatic rings. The lowest BCUT2D eigenvalue weighted by atomic mass is 10.2. The van der Waals surface area contributed by atoms with E-state index in [1.54, 1.807) is 13.3 Å². The van der Waals surface area contributed by atoms with Crippen molar-refractivity contribution in [2.24, 2.45) is 10.8 Å². The highest BCUT2D eigenvalue weighted by molar-refractivity contribution is 7.80. The lowest BCUT2D eigenvalue weighted by molar-refractivity contribution is 0.415. The summed E-state index contributed by atoms with van der Waals surface area (Å²) in [5.41, 5.74) is 8.57. The topological polar surface area (TPSA) is 59.6 Å². The van der Waals surface area contributed by atoms with Gasteiger partial charge in [-0.3, -0.25) is 5.43 Å². The first-order chi connectivity index (χ1) is 6.72. The average molecular weight is 209 g/mol. The minimum atomic E-state index is 0.143. The Morgan fingerprint density at radius 2 is 2.43 bits per heavy atom. The molecular formula is C9H11N3OS. The lowest BCUT2D eigenvalue weighted by Crippen LogP contribution is -2.23. The zero-order valence-corrected chi connectivity index (χ0v) is 8.54. The maximum Gasteiger partial charge on any atom is 0.184 e. The summed E-state index contributed by atoms with van der Waals surface area (Å²) in [6, 6.07) is 7.48. The van der Waals surface area contributed by atoms with Gasteiger partial charge in [-0.1, -0.05) is 12.1 Å². The highest BCUT2D eigenvalue weighted by Crippen LogP contribution is 2.10. The van der Waals surface area contributed by atoms with Crippen molar-refractivity contribution in [1.82, 2.24) is 5.43 Å². The van der Waals surface area contributed by atoms with Crippen LogP contribution in [-0.2, 0) is 0 Å². The van der Waals surface area contributed by atoms with Gasteiger partial charge in [0.05, 0.1) is 13.3 Å². The Hall–Kier alpha value is -1.62. The van der Waals surface area contributed by atoms with Crippen molar-refractivity contribution >= 4 is 23.5 Å². The van der Waals surface area contributed by atoms with Crippen LogP contribution < -0.4 is 15.9 Å². The van der Waals surface area contributed by atoms with Gasteiger partial charge in [0.2, 0.25) is 0 Å². The summed E-state index contributed by atoms with van der Waals surface area (Å²) in [4.78, 5) is 0. The molecule has 0 fully saturated rings. The van der Waals surface area contributed by atoms with E-state index in [-0.39, 0.29) is 5.11 Å². The Bertz CT molecular complexity index is 352. The molecule has 74 valence electrons. The number of thiocarbonyl (C=S) groups is 1. The Morgan fingerprint density at radius 1 is 1.64 bits per heavy atom. The lowest BCUT2D eigenvalue weighted by Gasteiger charge is -1.99. The van der Waals surface area contributed by atoms with Gasteiger partial charge in [-0.15, -0.1) is 0 Å². The van der Waals surface area contributed by atoms with Crippen LogP contribution in [0.2, 0.25) is 0 Å². The quantitative estimate of drug-likeness (QED) is 0.440. The third kappa shape index (κ3) is 3.40. The first-order valence-electron chi connectivity index (χ1n) is 3.95. The number of hydrazone groups is 1. The number of hydrogen-bond donors (Lipinski definition) is 2. The van der Waals surface area contributed by atoms with Gasteiger partial charge in [-0.05, 0) is 29.9 Å². The first kappa shape index (κ1) is 10.5. The van der Waals surface area contributed by atoms with Crippen LogP contribution in [0.25, 0.3) is 0 Å². The Labute approximate surface area is 87.8 Å². The normalized spacial score (nSPS) is 10.1. The van der Waals surface area contributed by atoms with Gasteiger partial charge >= 0.3 is 0 Å². The maximum atomic E-state index is 5.19. The fraction of sp³-hybridized carbons (Fsp3) is 0.111. The summed E-state index contributed by atoms with van der Waals surface area (Å²) in [5.74, 6) is 0.782. The molecule has 0 aliphatic carbocycles. The van der Waals surface area contributed by atoms with Crippen LogP contribution in [-0.4, -0.2) is 18.4 Å². The Balaban J connectivity index is 2.66. The molecule has 1 rings (SSSR count). The smallest absolute Gasteiger partial charge is 0.184 e. The van der Waals surface area contributed by atoms with Crippen LogP contribution in [0, 0.1) is 0 Å². The maximum absolute atomic E-state index is 5.19. The molecule has 0 radical (unpaired) electrons. The van der Waals surface area contributed by atoms with Gasteiger partial charge in [0.1, 0.15) is 5.75 Å². The van der Waals surface area contributed by atoms with E-state index in [0.29, 0.717) is 0 Å². The molecule has 0 saturated heterocycles.